The molecule has 0 aliphatic carbocycles. The average molecular weight is 281 g/mol. The fourth-order valence-corrected chi connectivity index (χ4v) is 5.47. The van der Waals surface area contributed by atoms with Gasteiger partial charge in [-0.05, 0) is 31.2 Å². The van der Waals surface area contributed by atoms with E-state index in [4.69, 9.17) is 0 Å². The molecule has 4 nitrogen and oxygen atoms in total. The van der Waals surface area contributed by atoms with Gasteiger partial charge in [0.25, 0.3) is 0 Å². The summed E-state index contributed by atoms with van der Waals surface area (Å²) in [4.78, 5) is 0. The van der Waals surface area contributed by atoms with Crippen LogP contribution < -0.4 is 0 Å². The van der Waals surface area contributed by atoms with E-state index in [0.717, 1.165) is 18.4 Å². The van der Waals surface area contributed by atoms with Crippen molar-refractivity contribution < 1.29 is 13.5 Å². The molecule has 19 heavy (non-hydrogen) atoms. The number of hydrogen-bond acceptors (Lipinski definition) is 3. The number of aliphatic hydroxyl groups excluding tert-OH is 1. The second-order valence-electron chi connectivity index (χ2n) is 5.58. The van der Waals surface area contributed by atoms with E-state index in [-0.39, 0.29) is 23.9 Å². The molecule has 1 aromatic carbocycles. The summed E-state index contributed by atoms with van der Waals surface area (Å²) in [6, 6.07) is 9.30. The van der Waals surface area contributed by atoms with Gasteiger partial charge in [-0.15, -0.1) is 0 Å². The number of rotatable bonds is 3. The summed E-state index contributed by atoms with van der Waals surface area (Å²) >= 11 is 0. The maximum atomic E-state index is 12.6. The van der Waals surface area contributed by atoms with Crippen LogP contribution in [-0.2, 0) is 15.8 Å². The van der Waals surface area contributed by atoms with E-state index in [2.05, 4.69) is 0 Å². The first-order valence-corrected chi connectivity index (χ1v) is 8.40. The Morgan fingerprint density at radius 1 is 1.11 bits per heavy atom. The van der Waals surface area contributed by atoms with E-state index in [1.807, 2.05) is 30.3 Å². The van der Waals surface area contributed by atoms with E-state index >= 15 is 0 Å². The molecule has 2 atom stereocenters. The zero-order chi connectivity index (χ0) is 13.5. The number of fused-ring (bicyclic) bond motifs is 2. The molecule has 5 heteroatoms. The lowest BCUT2D eigenvalue weighted by Gasteiger charge is -2.36. The van der Waals surface area contributed by atoms with E-state index < -0.39 is 10.0 Å². The molecule has 1 aromatic rings. The number of sulfonamides is 1. The minimum absolute atomic E-state index is 0.00228. The molecular weight excluding hydrogens is 262 g/mol. The van der Waals surface area contributed by atoms with Crippen molar-refractivity contribution in [1.29, 1.82) is 0 Å². The topological polar surface area (TPSA) is 57.6 Å². The van der Waals surface area contributed by atoms with Crippen molar-refractivity contribution in [2.75, 3.05) is 0 Å². The quantitative estimate of drug-likeness (QED) is 0.913. The predicted octanol–water partition coefficient (Wildman–Crippen LogP) is 1.50. The third kappa shape index (κ3) is 2.55. The van der Waals surface area contributed by atoms with E-state index in [9.17, 15) is 13.5 Å². The molecule has 2 aliphatic rings. The van der Waals surface area contributed by atoms with Gasteiger partial charge >= 0.3 is 0 Å². The van der Waals surface area contributed by atoms with Gasteiger partial charge in [0.2, 0.25) is 10.0 Å². The Hall–Kier alpha value is -0.910. The molecule has 0 aromatic heterocycles. The zero-order valence-corrected chi connectivity index (χ0v) is 11.6. The lowest BCUT2D eigenvalue weighted by Crippen LogP contribution is -2.48. The van der Waals surface area contributed by atoms with Crippen molar-refractivity contribution in [1.82, 2.24) is 4.31 Å². The minimum Gasteiger partial charge on any atom is -0.393 e. The fraction of sp³-hybridized carbons (Fsp3) is 0.571. The highest BCUT2D eigenvalue weighted by atomic mass is 32.2. The van der Waals surface area contributed by atoms with Crippen molar-refractivity contribution >= 4 is 10.0 Å². The standard InChI is InChI=1S/C14H19NO3S/c16-14-8-12-6-7-13(9-14)15(12)19(17,18)10-11-4-2-1-3-5-11/h1-5,12-14,16H,6-10H2. The van der Waals surface area contributed by atoms with Crippen LogP contribution in [0.1, 0.15) is 31.2 Å². The number of aliphatic hydroxyl groups is 1. The Labute approximate surface area is 114 Å². The van der Waals surface area contributed by atoms with Gasteiger partial charge in [-0.2, -0.15) is 4.31 Å². The number of hydrogen-bond donors (Lipinski definition) is 1. The fourth-order valence-electron chi connectivity index (χ4n) is 3.42. The summed E-state index contributed by atoms with van der Waals surface area (Å²) in [6.07, 6.45) is 2.61. The highest BCUT2D eigenvalue weighted by molar-refractivity contribution is 7.88. The van der Waals surface area contributed by atoms with Crippen molar-refractivity contribution in [3.63, 3.8) is 0 Å². The summed E-state index contributed by atoms with van der Waals surface area (Å²) in [5.74, 6) is 0.0664. The Morgan fingerprint density at radius 3 is 2.26 bits per heavy atom. The van der Waals surface area contributed by atoms with Gasteiger partial charge < -0.3 is 5.11 Å². The molecule has 1 N–H and O–H groups in total. The largest absolute Gasteiger partial charge is 0.393 e. The SMILES string of the molecule is O=S(=O)(Cc1ccccc1)N1C2CCC1CC(O)C2. The van der Waals surface area contributed by atoms with Crippen LogP contribution in [0.5, 0.6) is 0 Å². The summed E-state index contributed by atoms with van der Waals surface area (Å²) < 4.78 is 26.8. The first-order chi connectivity index (χ1) is 9.06. The molecule has 2 unspecified atom stereocenters. The maximum absolute atomic E-state index is 12.6. The molecule has 2 bridgehead atoms. The summed E-state index contributed by atoms with van der Waals surface area (Å²) in [5.41, 5.74) is 0.827. The van der Waals surface area contributed by atoms with Crippen LogP contribution in [-0.4, -0.2) is 36.0 Å². The second kappa shape index (κ2) is 4.89. The first-order valence-electron chi connectivity index (χ1n) is 6.79. The second-order valence-corrected chi connectivity index (χ2v) is 7.46. The van der Waals surface area contributed by atoms with Gasteiger partial charge in [-0.3, -0.25) is 0 Å². The Morgan fingerprint density at radius 2 is 1.68 bits per heavy atom. The molecule has 2 aliphatic heterocycles. The van der Waals surface area contributed by atoms with E-state index in [0.29, 0.717) is 12.8 Å². The van der Waals surface area contributed by atoms with Crippen LogP contribution in [0.15, 0.2) is 30.3 Å². The van der Waals surface area contributed by atoms with Crippen LogP contribution in [0.4, 0.5) is 0 Å². The molecule has 2 saturated heterocycles. The van der Waals surface area contributed by atoms with Crippen molar-refractivity contribution in [3.8, 4) is 0 Å². The van der Waals surface area contributed by atoms with Crippen LogP contribution in [0.2, 0.25) is 0 Å². The van der Waals surface area contributed by atoms with Crippen molar-refractivity contribution in [3.05, 3.63) is 35.9 Å². The van der Waals surface area contributed by atoms with Crippen LogP contribution in [0.3, 0.4) is 0 Å². The average Bonchev–Trinajstić information content (AvgIpc) is 2.64. The lowest BCUT2D eigenvalue weighted by atomic mass is 10.0. The van der Waals surface area contributed by atoms with Crippen LogP contribution >= 0.6 is 0 Å². The molecular formula is C14H19NO3S. The zero-order valence-electron chi connectivity index (χ0n) is 10.8. The summed E-state index contributed by atoms with van der Waals surface area (Å²) in [5, 5.41) is 9.74. The van der Waals surface area contributed by atoms with Crippen molar-refractivity contribution in [2.45, 2.75) is 49.6 Å². The normalized spacial score (nSPS) is 31.5. The van der Waals surface area contributed by atoms with Gasteiger partial charge in [0.15, 0.2) is 0 Å². The third-order valence-corrected chi connectivity index (χ3v) is 6.09. The highest BCUT2D eigenvalue weighted by Gasteiger charge is 2.46. The molecule has 0 saturated carbocycles. The molecule has 2 heterocycles. The Balaban J connectivity index is 1.82. The van der Waals surface area contributed by atoms with Gasteiger partial charge in [0.05, 0.1) is 11.9 Å². The van der Waals surface area contributed by atoms with Crippen LogP contribution in [0, 0.1) is 0 Å². The Bertz CT molecular complexity index is 529. The van der Waals surface area contributed by atoms with E-state index in [1.165, 1.54) is 0 Å². The number of nitrogens with zero attached hydrogens (tertiary/aromatic N) is 1. The smallest absolute Gasteiger partial charge is 0.218 e. The van der Waals surface area contributed by atoms with Gasteiger partial charge in [-0.1, -0.05) is 30.3 Å². The maximum Gasteiger partial charge on any atom is 0.218 e. The minimum atomic E-state index is -3.27. The number of benzene rings is 1. The number of piperidine rings is 1. The van der Waals surface area contributed by atoms with Gasteiger partial charge in [-0.25, -0.2) is 8.42 Å². The molecule has 0 spiro atoms. The Kier molecular flexibility index (Phi) is 3.37. The monoisotopic (exact) mass is 281 g/mol. The molecule has 0 amide bonds. The van der Waals surface area contributed by atoms with Crippen molar-refractivity contribution in [2.24, 2.45) is 0 Å². The lowest BCUT2D eigenvalue weighted by molar-refractivity contribution is 0.0768. The highest BCUT2D eigenvalue weighted by Crippen LogP contribution is 2.38. The first kappa shape index (κ1) is 13.1. The van der Waals surface area contributed by atoms with Gasteiger partial charge in [0.1, 0.15) is 0 Å². The summed E-state index contributed by atoms with van der Waals surface area (Å²) in [7, 11) is -3.27. The predicted molar refractivity (Wildman–Crippen MR) is 73.0 cm³/mol. The molecule has 2 fully saturated rings. The summed E-state index contributed by atoms with van der Waals surface area (Å²) in [6.45, 7) is 0. The van der Waals surface area contributed by atoms with Gasteiger partial charge in [0, 0.05) is 12.1 Å². The molecule has 104 valence electrons. The molecule has 3 rings (SSSR count). The van der Waals surface area contributed by atoms with Crippen LogP contribution in [0.25, 0.3) is 0 Å². The van der Waals surface area contributed by atoms with E-state index in [1.54, 1.807) is 4.31 Å². The third-order valence-electron chi connectivity index (χ3n) is 4.15. The molecule has 0 radical (unpaired) electrons.